The number of hydrogen-bond acceptors (Lipinski definition) is 5. The summed E-state index contributed by atoms with van der Waals surface area (Å²) in [6, 6.07) is 7.37. The lowest BCUT2D eigenvalue weighted by Gasteiger charge is -1.98. The van der Waals surface area contributed by atoms with Crippen molar-refractivity contribution in [1.29, 1.82) is 0 Å². The van der Waals surface area contributed by atoms with Crippen LogP contribution in [0.2, 0.25) is 0 Å². The second kappa shape index (κ2) is 6.82. The number of amides is 1. The molecule has 0 fully saturated rings. The summed E-state index contributed by atoms with van der Waals surface area (Å²) >= 11 is 1.54. The van der Waals surface area contributed by atoms with Crippen molar-refractivity contribution >= 4 is 23.3 Å². The first-order chi connectivity index (χ1) is 10.8. The molecule has 0 radical (unpaired) electrons. The van der Waals surface area contributed by atoms with E-state index in [1.807, 2.05) is 17.5 Å². The molecule has 110 valence electrons. The van der Waals surface area contributed by atoms with Gasteiger partial charge in [0.05, 0.1) is 18.5 Å². The molecule has 5 nitrogen and oxygen atoms in total. The maximum atomic E-state index is 11.7. The molecule has 0 bridgehead atoms. The number of hydrogen-bond donors (Lipinski definition) is 1. The standard InChI is InChI=1S/C16H13N3O2S/c20-15(4-3-14-2-1-9-21-14)18-10-13-11-22-16(19-13)12-5-7-17-8-6-12/h1-9,11H,10H2,(H,18,20)/b4-3+. The van der Waals surface area contributed by atoms with E-state index in [9.17, 15) is 4.79 Å². The number of carbonyl (C=O) groups is 1. The van der Waals surface area contributed by atoms with Crippen molar-refractivity contribution < 1.29 is 9.21 Å². The number of pyridine rings is 1. The van der Waals surface area contributed by atoms with E-state index in [2.05, 4.69) is 15.3 Å². The normalized spacial score (nSPS) is 10.9. The summed E-state index contributed by atoms with van der Waals surface area (Å²) in [7, 11) is 0. The van der Waals surface area contributed by atoms with Crippen LogP contribution < -0.4 is 5.32 Å². The van der Waals surface area contributed by atoms with Gasteiger partial charge in [-0.05, 0) is 30.3 Å². The molecule has 22 heavy (non-hydrogen) atoms. The summed E-state index contributed by atoms with van der Waals surface area (Å²) in [4.78, 5) is 20.2. The number of nitrogens with zero attached hydrogens (tertiary/aromatic N) is 2. The van der Waals surface area contributed by atoms with Crippen molar-refractivity contribution in [3.63, 3.8) is 0 Å². The SMILES string of the molecule is O=C(/C=C/c1ccco1)NCc1csc(-c2ccncc2)n1. The van der Waals surface area contributed by atoms with Gasteiger partial charge in [0.1, 0.15) is 10.8 Å². The van der Waals surface area contributed by atoms with E-state index >= 15 is 0 Å². The minimum Gasteiger partial charge on any atom is -0.465 e. The molecule has 0 aliphatic heterocycles. The maximum absolute atomic E-state index is 11.7. The maximum Gasteiger partial charge on any atom is 0.244 e. The molecule has 3 rings (SSSR count). The highest BCUT2D eigenvalue weighted by molar-refractivity contribution is 7.13. The fourth-order valence-electron chi connectivity index (χ4n) is 1.80. The molecule has 3 aromatic rings. The zero-order chi connectivity index (χ0) is 15.2. The van der Waals surface area contributed by atoms with Crippen LogP contribution in [-0.2, 0) is 11.3 Å². The topological polar surface area (TPSA) is 68.0 Å². The lowest BCUT2D eigenvalue weighted by Crippen LogP contribution is -2.20. The van der Waals surface area contributed by atoms with Gasteiger partial charge in [0.2, 0.25) is 5.91 Å². The molecule has 1 amide bonds. The minimum atomic E-state index is -0.185. The van der Waals surface area contributed by atoms with Crippen LogP contribution in [0, 0.1) is 0 Å². The number of rotatable bonds is 5. The molecule has 3 aromatic heterocycles. The Balaban J connectivity index is 1.56. The number of furan rings is 1. The number of nitrogens with one attached hydrogen (secondary N) is 1. The summed E-state index contributed by atoms with van der Waals surface area (Å²) in [5, 5.41) is 5.64. The Morgan fingerprint density at radius 2 is 2.18 bits per heavy atom. The third kappa shape index (κ3) is 3.67. The Morgan fingerprint density at radius 1 is 1.32 bits per heavy atom. The zero-order valence-electron chi connectivity index (χ0n) is 11.6. The lowest BCUT2D eigenvalue weighted by molar-refractivity contribution is -0.116. The molecule has 0 aliphatic rings. The fourth-order valence-corrected chi connectivity index (χ4v) is 2.62. The van der Waals surface area contributed by atoms with E-state index < -0.39 is 0 Å². The van der Waals surface area contributed by atoms with Crippen LogP contribution >= 0.6 is 11.3 Å². The van der Waals surface area contributed by atoms with Gasteiger partial charge in [-0.1, -0.05) is 0 Å². The molecule has 0 spiro atoms. The monoisotopic (exact) mass is 311 g/mol. The van der Waals surface area contributed by atoms with Crippen LogP contribution in [0.15, 0.2) is 58.8 Å². The molecule has 0 unspecified atom stereocenters. The van der Waals surface area contributed by atoms with E-state index in [0.29, 0.717) is 12.3 Å². The van der Waals surface area contributed by atoms with Crippen molar-refractivity contribution in [3.8, 4) is 10.6 Å². The number of carbonyl (C=O) groups excluding carboxylic acids is 1. The quantitative estimate of drug-likeness (QED) is 0.735. The first-order valence-corrected chi connectivity index (χ1v) is 7.53. The third-order valence-corrected chi connectivity index (χ3v) is 3.81. The summed E-state index contributed by atoms with van der Waals surface area (Å²) in [5.74, 6) is 0.457. The molecule has 0 saturated heterocycles. The number of aromatic nitrogens is 2. The largest absolute Gasteiger partial charge is 0.465 e. The Kier molecular flexibility index (Phi) is 4.41. The van der Waals surface area contributed by atoms with Crippen LogP contribution in [0.4, 0.5) is 0 Å². The van der Waals surface area contributed by atoms with Gasteiger partial charge < -0.3 is 9.73 Å². The zero-order valence-corrected chi connectivity index (χ0v) is 12.4. The highest BCUT2D eigenvalue weighted by Gasteiger charge is 2.05. The van der Waals surface area contributed by atoms with Crippen LogP contribution in [0.3, 0.4) is 0 Å². The van der Waals surface area contributed by atoms with Crippen molar-refractivity contribution in [2.75, 3.05) is 0 Å². The third-order valence-electron chi connectivity index (χ3n) is 2.86. The average molecular weight is 311 g/mol. The highest BCUT2D eigenvalue weighted by atomic mass is 32.1. The second-order valence-electron chi connectivity index (χ2n) is 4.45. The molecule has 6 heteroatoms. The van der Waals surface area contributed by atoms with Crippen molar-refractivity contribution in [2.24, 2.45) is 0 Å². The van der Waals surface area contributed by atoms with Gasteiger partial charge >= 0.3 is 0 Å². The molecule has 0 aliphatic carbocycles. The van der Waals surface area contributed by atoms with Gasteiger partial charge in [-0.25, -0.2) is 4.98 Å². The van der Waals surface area contributed by atoms with Gasteiger partial charge in [-0.15, -0.1) is 11.3 Å². The van der Waals surface area contributed by atoms with E-state index in [1.165, 1.54) is 6.08 Å². The predicted octanol–water partition coefficient (Wildman–Crippen LogP) is 3.13. The Morgan fingerprint density at radius 3 is 2.95 bits per heavy atom. The molecular formula is C16H13N3O2S. The van der Waals surface area contributed by atoms with Gasteiger partial charge in [0.25, 0.3) is 0 Å². The van der Waals surface area contributed by atoms with Gasteiger partial charge in [0.15, 0.2) is 0 Å². The fraction of sp³-hybridized carbons (Fsp3) is 0.0625. The van der Waals surface area contributed by atoms with E-state index in [-0.39, 0.29) is 5.91 Å². The lowest BCUT2D eigenvalue weighted by atomic mass is 10.3. The Labute approximate surface area is 131 Å². The van der Waals surface area contributed by atoms with Crippen molar-refractivity contribution in [3.05, 3.63) is 65.8 Å². The highest BCUT2D eigenvalue weighted by Crippen LogP contribution is 2.22. The first-order valence-electron chi connectivity index (χ1n) is 6.65. The van der Waals surface area contributed by atoms with E-state index in [1.54, 1.807) is 48.2 Å². The summed E-state index contributed by atoms with van der Waals surface area (Å²) in [6.07, 6.45) is 8.09. The molecule has 0 aromatic carbocycles. The van der Waals surface area contributed by atoms with Crippen molar-refractivity contribution in [2.45, 2.75) is 6.54 Å². The minimum absolute atomic E-state index is 0.185. The predicted molar refractivity (Wildman–Crippen MR) is 84.9 cm³/mol. The van der Waals surface area contributed by atoms with Gasteiger partial charge in [-0.3, -0.25) is 9.78 Å². The summed E-state index contributed by atoms with van der Waals surface area (Å²) in [5.41, 5.74) is 1.85. The van der Waals surface area contributed by atoms with Crippen LogP contribution in [-0.4, -0.2) is 15.9 Å². The molecular weight excluding hydrogens is 298 g/mol. The van der Waals surface area contributed by atoms with Crippen LogP contribution in [0.5, 0.6) is 0 Å². The molecule has 1 N–H and O–H groups in total. The van der Waals surface area contributed by atoms with Gasteiger partial charge in [-0.2, -0.15) is 0 Å². The smallest absolute Gasteiger partial charge is 0.244 e. The van der Waals surface area contributed by atoms with E-state index in [4.69, 9.17) is 4.42 Å². The first kappa shape index (κ1) is 14.2. The molecule has 0 saturated carbocycles. The van der Waals surface area contributed by atoms with Crippen molar-refractivity contribution in [1.82, 2.24) is 15.3 Å². The van der Waals surface area contributed by atoms with E-state index in [0.717, 1.165) is 16.3 Å². The molecule has 0 atom stereocenters. The Hall–Kier alpha value is -2.73. The van der Waals surface area contributed by atoms with Crippen LogP contribution in [0.1, 0.15) is 11.5 Å². The second-order valence-corrected chi connectivity index (χ2v) is 5.30. The Bertz CT molecular complexity index is 764. The average Bonchev–Trinajstić information content (AvgIpc) is 3.23. The molecule has 3 heterocycles. The summed E-state index contributed by atoms with van der Waals surface area (Å²) in [6.45, 7) is 0.392. The van der Waals surface area contributed by atoms with Crippen LogP contribution in [0.25, 0.3) is 16.6 Å². The number of thiazole rings is 1. The van der Waals surface area contributed by atoms with Gasteiger partial charge in [0, 0.05) is 29.4 Å². The summed E-state index contributed by atoms with van der Waals surface area (Å²) < 4.78 is 5.12.